The van der Waals surface area contributed by atoms with Gasteiger partial charge in [0.15, 0.2) is 0 Å². The van der Waals surface area contributed by atoms with Crippen LogP contribution in [0.3, 0.4) is 0 Å². The molecule has 2 nitrogen and oxygen atoms in total. The highest BCUT2D eigenvalue weighted by molar-refractivity contribution is 5.78. The molecule has 2 aliphatic rings. The molecule has 2 saturated carbocycles. The summed E-state index contributed by atoms with van der Waals surface area (Å²) in [6, 6.07) is 0. The Hall–Kier alpha value is -0.530. The molecule has 74 valence electrons. The first-order valence-corrected chi connectivity index (χ1v) is 5.38. The summed E-state index contributed by atoms with van der Waals surface area (Å²) < 4.78 is 0. The number of aliphatic carboxylic acids is 1. The van der Waals surface area contributed by atoms with Gasteiger partial charge in [-0.1, -0.05) is 19.8 Å². The van der Waals surface area contributed by atoms with Crippen LogP contribution in [-0.2, 0) is 4.79 Å². The number of carboxylic acids is 1. The van der Waals surface area contributed by atoms with E-state index in [0.717, 1.165) is 31.6 Å². The zero-order chi connectivity index (χ0) is 9.47. The van der Waals surface area contributed by atoms with E-state index in [0.29, 0.717) is 5.92 Å². The zero-order valence-electron chi connectivity index (χ0n) is 8.25. The Kier molecular flexibility index (Phi) is 2.09. The Morgan fingerprint density at radius 1 is 1.38 bits per heavy atom. The van der Waals surface area contributed by atoms with Gasteiger partial charge in [-0.3, -0.25) is 4.79 Å². The smallest absolute Gasteiger partial charge is 0.309 e. The minimum Gasteiger partial charge on any atom is -0.481 e. The Bertz CT molecular complexity index is 218. The summed E-state index contributed by atoms with van der Waals surface area (Å²) in [4.78, 5) is 11.1. The Morgan fingerprint density at radius 2 is 2.08 bits per heavy atom. The molecule has 2 fully saturated rings. The predicted octanol–water partition coefficient (Wildman–Crippen LogP) is 2.68. The molecule has 2 heteroatoms. The van der Waals surface area contributed by atoms with Crippen LogP contribution in [-0.4, -0.2) is 11.1 Å². The maximum Gasteiger partial charge on any atom is 0.309 e. The van der Waals surface area contributed by atoms with Gasteiger partial charge >= 0.3 is 5.97 Å². The zero-order valence-corrected chi connectivity index (χ0v) is 8.25. The van der Waals surface area contributed by atoms with E-state index in [1.165, 1.54) is 12.8 Å². The monoisotopic (exact) mass is 182 g/mol. The molecule has 13 heavy (non-hydrogen) atoms. The van der Waals surface area contributed by atoms with Crippen LogP contribution in [0.4, 0.5) is 0 Å². The summed E-state index contributed by atoms with van der Waals surface area (Å²) in [5, 5.41) is 9.14. The van der Waals surface area contributed by atoms with Crippen molar-refractivity contribution in [1.82, 2.24) is 0 Å². The molecule has 0 spiro atoms. The first-order chi connectivity index (χ1) is 6.15. The van der Waals surface area contributed by atoms with E-state index in [4.69, 9.17) is 5.11 Å². The van der Waals surface area contributed by atoms with Crippen molar-refractivity contribution in [2.75, 3.05) is 0 Å². The highest BCUT2D eigenvalue weighted by atomic mass is 16.4. The largest absolute Gasteiger partial charge is 0.481 e. The first-order valence-electron chi connectivity index (χ1n) is 5.38. The summed E-state index contributed by atoms with van der Waals surface area (Å²) in [5.74, 6) is 0.691. The maximum absolute atomic E-state index is 11.1. The number of carbonyl (C=O) groups is 1. The third-order valence-electron chi connectivity index (χ3n) is 3.93. The molecule has 0 saturated heterocycles. The fourth-order valence-electron chi connectivity index (χ4n) is 2.87. The minimum atomic E-state index is -0.536. The number of hydrogen-bond acceptors (Lipinski definition) is 1. The summed E-state index contributed by atoms with van der Waals surface area (Å²) in [5.41, 5.74) is -0.283. The van der Waals surface area contributed by atoms with Crippen molar-refractivity contribution in [2.24, 2.45) is 17.3 Å². The molecular formula is C11H18O2. The van der Waals surface area contributed by atoms with Crippen LogP contribution in [0.25, 0.3) is 0 Å². The van der Waals surface area contributed by atoms with E-state index in [2.05, 4.69) is 6.92 Å². The molecule has 2 rings (SSSR count). The van der Waals surface area contributed by atoms with E-state index in [9.17, 15) is 4.79 Å². The fourth-order valence-corrected chi connectivity index (χ4v) is 2.87. The van der Waals surface area contributed by atoms with Crippen molar-refractivity contribution >= 4 is 5.97 Å². The lowest BCUT2D eigenvalue weighted by Gasteiger charge is -2.31. The average Bonchev–Trinajstić information content (AvgIpc) is 2.83. The second-order valence-corrected chi connectivity index (χ2v) is 4.93. The molecule has 1 N–H and O–H groups in total. The van der Waals surface area contributed by atoms with Crippen molar-refractivity contribution in [1.29, 1.82) is 0 Å². The Balaban J connectivity index is 2.03. The van der Waals surface area contributed by atoms with Crippen LogP contribution < -0.4 is 0 Å². The van der Waals surface area contributed by atoms with Crippen molar-refractivity contribution < 1.29 is 9.90 Å². The number of rotatable bonds is 2. The third kappa shape index (κ3) is 1.47. The van der Waals surface area contributed by atoms with E-state index < -0.39 is 5.97 Å². The second-order valence-electron chi connectivity index (χ2n) is 4.93. The molecule has 0 bridgehead atoms. The molecule has 0 aromatic carbocycles. The van der Waals surface area contributed by atoms with Gasteiger partial charge in [-0.2, -0.15) is 0 Å². The van der Waals surface area contributed by atoms with Gasteiger partial charge in [0.1, 0.15) is 0 Å². The molecule has 0 aromatic heterocycles. The lowest BCUT2D eigenvalue weighted by Crippen LogP contribution is -2.29. The lowest BCUT2D eigenvalue weighted by molar-refractivity contribution is -0.146. The van der Waals surface area contributed by atoms with E-state index in [1.807, 2.05) is 0 Å². The quantitative estimate of drug-likeness (QED) is 0.713. The molecule has 0 aromatic rings. The van der Waals surface area contributed by atoms with Gasteiger partial charge in [0.2, 0.25) is 0 Å². The molecular weight excluding hydrogens is 164 g/mol. The fraction of sp³-hybridized carbons (Fsp3) is 0.909. The lowest BCUT2D eigenvalue weighted by atomic mass is 9.74. The van der Waals surface area contributed by atoms with Gasteiger partial charge in [0.25, 0.3) is 0 Å². The number of hydrogen-bond donors (Lipinski definition) is 1. The predicted molar refractivity (Wildman–Crippen MR) is 50.4 cm³/mol. The van der Waals surface area contributed by atoms with Crippen LogP contribution >= 0.6 is 0 Å². The highest BCUT2D eigenvalue weighted by Gasteiger charge is 2.55. The van der Waals surface area contributed by atoms with Crippen molar-refractivity contribution in [2.45, 2.75) is 45.4 Å². The summed E-state index contributed by atoms with van der Waals surface area (Å²) in [6.07, 6.45) is 6.69. The van der Waals surface area contributed by atoms with E-state index in [1.54, 1.807) is 0 Å². The van der Waals surface area contributed by atoms with Crippen molar-refractivity contribution in [3.05, 3.63) is 0 Å². The normalized spacial score (nSPS) is 37.0. The Morgan fingerprint density at radius 3 is 2.54 bits per heavy atom. The topological polar surface area (TPSA) is 37.3 Å². The van der Waals surface area contributed by atoms with Gasteiger partial charge in [-0.05, 0) is 37.5 Å². The van der Waals surface area contributed by atoms with Crippen LogP contribution in [0, 0.1) is 17.3 Å². The number of carboxylic acid groups (broad SMARTS) is 1. The molecule has 0 amide bonds. The summed E-state index contributed by atoms with van der Waals surface area (Å²) in [7, 11) is 0. The summed E-state index contributed by atoms with van der Waals surface area (Å²) >= 11 is 0. The first kappa shape index (κ1) is 9.04. The van der Waals surface area contributed by atoms with Gasteiger partial charge in [-0.25, -0.2) is 0 Å². The minimum absolute atomic E-state index is 0.283. The van der Waals surface area contributed by atoms with E-state index in [-0.39, 0.29) is 5.41 Å². The molecule has 0 radical (unpaired) electrons. The van der Waals surface area contributed by atoms with Gasteiger partial charge < -0.3 is 5.11 Å². The van der Waals surface area contributed by atoms with Crippen molar-refractivity contribution in [3.63, 3.8) is 0 Å². The second kappa shape index (κ2) is 3.00. The maximum atomic E-state index is 11.1. The highest BCUT2D eigenvalue weighted by Crippen LogP contribution is 2.57. The van der Waals surface area contributed by atoms with Crippen molar-refractivity contribution in [3.8, 4) is 0 Å². The van der Waals surface area contributed by atoms with E-state index >= 15 is 0 Å². The van der Waals surface area contributed by atoms with Crippen LogP contribution in [0.1, 0.15) is 45.4 Å². The van der Waals surface area contributed by atoms with Gasteiger partial charge in [0.05, 0.1) is 5.41 Å². The standard InChI is InChI=1S/C11H18O2/c1-8-3-2-4-9(7-8)11(5-6-11)10(12)13/h8-9H,2-7H2,1H3,(H,12,13). The van der Waals surface area contributed by atoms with Crippen LogP contribution in [0.15, 0.2) is 0 Å². The molecule has 2 atom stereocenters. The molecule has 2 unspecified atom stereocenters. The summed E-state index contributed by atoms with van der Waals surface area (Å²) in [6.45, 7) is 2.25. The van der Waals surface area contributed by atoms with Crippen LogP contribution in [0.5, 0.6) is 0 Å². The average molecular weight is 182 g/mol. The third-order valence-corrected chi connectivity index (χ3v) is 3.93. The van der Waals surface area contributed by atoms with Gasteiger partial charge in [0, 0.05) is 0 Å². The Labute approximate surface area is 79.3 Å². The molecule has 2 aliphatic carbocycles. The SMILES string of the molecule is CC1CCCC(C2(C(=O)O)CC2)C1. The van der Waals surface area contributed by atoms with Gasteiger partial charge in [-0.15, -0.1) is 0 Å². The van der Waals surface area contributed by atoms with Crippen LogP contribution in [0.2, 0.25) is 0 Å². The molecule has 0 heterocycles. The molecule has 0 aliphatic heterocycles.